The van der Waals surface area contributed by atoms with Crippen LogP contribution in [0, 0.1) is 6.92 Å². The van der Waals surface area contributed by atoms with E-state index in [0.29, 0.717) is 6.54 Å². The summed E-state index contributed by atoms with van der Waals surface area (Å²) in [4.78, 5) is 23.9. The van der Waals surface area contributed by atoms with Gasteiger partial charge in [0.2, 0.25) is 0 Å². The largest absolute Gasteiger partial charge is 0.481 e. The van der Waals surface area contributed by atoms with Crippen LogP contribution in [0.1, 0.15) is 12.0 Å². The van der Waals surface area contributed by atoms with E-state index < -0.39 is 5.97 Å². The van der Waals surface area contributed by atoms with Gasteiger partial charge in [0, 0.05) is 32.7 Å². The maximum atomic E-state index is 10.6. The molecule has 0 atom stereocenters. The van der Waals surface area contributed by atoms with Crippen molar-refractivity contribution in [2.45, 2.75) is 13.3 Å². The van der Waals surface area contributed by atoms with Crippen molar-refractivity contribution in [1.29, 1.82) is 0 Å². The number of nitrogens with zero attached hydrogens (tertiary/aromatic N) is 4. The molecule has 0 unspecified atom stereocenters. The number of carbonyl (C=O) groups is 1. The lowest BCUT2D eigenvalue weighted by Crippen LogP contribution is -2.47. The van der Waals surface area contributed by atoms with Crippen LogP contribution in [-0.4, -0.2) is 58.7 Å². The van der Waals surface area contributed by atoms with Gasteiger partial charge in [0.1, 0.15) is 12.1 Å². The molecule has 1 N–H and O–H groups in total. The van der Waals surface area contributed by atoms with Crippen molar-refractivity contribution < 1.29 is 9.90 Å². The van der Waals surface area contributed by atoms with E-state index in [1.807, 2.05) is 0 Å². The zero-order chi connectivity index (χ0) is 14.8. The Balaban J connectivity index is 1.70. The molecular formula is C14H18N4O2S. The third-order valence-electron chi connectivity index (χ3n) is 3.83. The van der Waals surface area contributed by atoms with Crippen LogP contribution in [0.2, 0.25) is 0 Å². The smallest absolute Gasteiger partial charge is 0.304 e. The highest BCUT2D eigenvalue weighted by Crippen LogP contribution is 2.31. The molecule has 0 saturated carbocycles. The Kier molecular flexibility index (Phi) is 4.03. The number of fused-ring (bicyclic) bond motifs is 1. The topological polar surface area (TPSA) is 69.6 Å². The summed E-state index contributed by atoms with van der Waals surface area (Å²) in [6.45, 7) is 6.21. The van der Waals surface area contributed by atoms with Gasteiger partial charge in [-0.15, -0.1) is 11.3 Å². The lowest BCUT2D eigenvalue weighted by atomic mass is 10.2. The molecule has 0 radical (unpaired) electrons. The van der Waals surface area contributed by atoms with Gasteiger partial charge in [0.25, 0.3) is 0 Å². The number of rotatable bonds is 4. The molecule has 0 aliphatic carbocycles. The lowest BCUT2D eigenvalue weighted by Gasteiger charge is -2.35. The summed E-state index contributed by atoms with van der Waals surface area (Å²) < 4.78 is 1.15. The van der Waals surface area contributed by atoms with Crippen LogP contribution in [-0.2, 0) is 4.79 Å². The second kappa shape index (κ2) is 5.95. The number of carboxylic acids is 1. The van der Waals surface area contributed by atoms with Crippen LogP contribution in [0.15, 0.2) is 11.7 Å². The van der Waals surface area contributed by atoms with Gasteiger partial charge in [-0.25, -0.2) is 9.97 Å². The molecule has 7 heteroatoms. The maximum absolute atomic E-state index is 10.6. The Morgan fingerprint density at radius 1 is 1.33 bits per heavy atom. The summed E-state index contributed by atoms with van der Waals surface area (Å²) in [6.07, 6.45) is 1.84. The number of aryl methyl sites for hydroxylation is 1. The quantitative estimate of drug-likeness (QED) is 0.925. The molecule has 3 rings (SSSR count). The van der Waals surface area contributed by atoms with Gasteiger partial charge in [-0.1, -0.05) is 0 Å². The Morgan fingerprint density at radius 3 is 2.81 bits per heavy atom. The van der Waals surface area contributed by atoms with Gasteiger partial charge in [0.15, 0.2) is 0 Å². The highest BCUT2D eigenvalue weighted by Gasteiger charge is 2.21. The van der Waals surface area contributed by atoms with Crippen LogP contribution in [0.4, 0.5) is 5.82 Å². The summed E-state index contributed by atoms with van der Waals surface area (Å²) in [5.74, 6) is 0.278. The molecule has 0 bridgehead atoms. The number of hydrogen-bond acceptors (Lipinski definition) is 6. The second-order valence-electron chi connectivity index (χ2n) is 5.27. The third kappa shape index (κ3) is 2.98. The van der Waals surface area contributed by atoms with E-state index in [0.717, 1.165) is 42.2 Å². The fourth-order valence-corrected chi connectivity index (χ4v) is 3.64. The van der Waals surface area contributed by atoms with Gasteiger partial charge in [-0.05, 0) is 17.9 Å². The van der Waals surface area contributed by atoms with E-state index in [1.54, 1.807) is 17.7 Å². The first-order chi connectivity index (χ1) is 10.1. The molecule has 6 nitrogen and oxygen atoms in total. The number of thiophene rings is 1. The highest BCUT2D eigenvalue weighted by atomic mass is 32.1. The molecule has 2 aromatic rings. The minimum absolute atomic E-state index is 0.210. The van der Waals surface area contributed by atoms with Crippen molar-refractivity contribution >= 4 is 33.3 Å². The Labute approximate surface area is 127 Å². The normalized spacial score (nSPS) is 16.5. The number of piperazine rings is 1. The molecular weight excluding hydrogens is 288 g/mol. The highest BCUT2D eigenvalue weighted by molar-refractivity contribution is 7.18. The second-order valence-corrected chi connectivity index (χ2v) is 6.15. The van der Waals surface area contributed by atoms with E-state index in [9.17, 15) is 4.79 Å². The van der Waals surface area contributed by atoms with Gasteiger partial charge >= 0.3 is 5.97 Å². The summed E-state index contributed by atoms with van der Waals surface area (Å²) in [5, 5.41) is 10.9. The Morgan fingerprint density at radius 2 is 2.10 bits per heavy atom. The summed E-state index contributed by atoms with van der Waals surface area (Å²) in [5.41, 5.74) is 2.23. The average Bonchev–Trinajstić information content (AvgIpc) is 2.87. The standard InChI is InChI=1S/C14H18N4O2S/c1-10-8-21-13-12(10)15-9-16-14(13)18-6-4-17(5-7-18)3-2-11(19)20/h8-9H,2-7H2,1H3,(H,19,20). The minimum Gasteiger partial charge on any atom is -0.481 e. The van der Waals surface area contributed by atoms with Crippen LogP contribution < -0.4 is 4.90 Å². The SMILES string of the molecule is Cc1csc2c(N3CCN(CCC(=O)O)CC3)ncnc12. The van der Waals surface area contributed by atoms with Gasteiger partial charge < -0.3 is 10.0 Å². The van der Waals surface area contributed by atoms with Gasteiger partial charge in [-0.3, -0.25) is 9.69 Å². The summed E-state index contributed by atoms with van der Waals surface area (Å²) in [7, 11) is 0. The molecule has 0 amide bonds. The van der Waals surface area contributed by atoms with Crippen LogP contribution in [0.5, 0.6) is 0 Å². The van der Waals surface area contributed by atoms with Crippen LogP contribution in [0.3, 0.4) is 0 Å². The summed E-state index contributed by atoms with van der Waals surface area (Å²) in [6, 6.07) is 0. The monoisotopic (exact) mass is 306 g/mol. The van der Waals surface area contributed by atoms with Crippen molar-refractivity contribution in [2.75, 3.05) is 37.6 Å². The number of hydrogen-bond donors (Lipinski definition) is 1. The van der Waals surface area contributed by atoms with Crippen molar-refractivity contribution in [2.24, 2.45) is 0 Å². The zero-order valence-electron chi connectivity index (χ0n) is 11.9. The predicted molar refractivity (Wildman–Crippen MR) is 83.1 cm³/mol. The van der Waals surface area contributed by atoms with Gasteiger partial charge in [0.05, 0.1) is 16.6 Å². The lowest BCUT2D eigenvalue weighted by molar-refractivity contribution is -0.137. The molecule has 3 heterocycles. The minimum atomic E-state index is -0.732. The molecule has 1 aliphatic rings. The Hall–Kier alpha value is -1.73. The fourth-order valence-electron chi connectivity index (χ4n) is 2.62. The van der Waals surface area contributed by atoms with E-state index in [-0.39, 0.29) is 6.42 Å². The van der Waals surface area contributed by atoms with Crippen LogP contribution in [0.25, 0.3) is 10.2 Å². The summed E-state index contributed by atoms with van der Waals surface area (Å²) >= 11 is 1.69. The van der Waals surface area contributed by atoms with Crippen molar-refractivity contribution in [3.05, 3.63) is 17.3 Å². The molecule has 1 fully saturated rings. The average molecular weight is 306 g/mol. The maximum Gasteiger partial charge on any atom is 0.304 e. The Bertz CT molecular complexity index is 649. The number of aromatic nitrogens is 2. The van der Waals surface area contributed by atoms with E-state index in [4.69, 9.17) is 5.11 Å². The van der Waals surface area contributed by atoms with E-state index in [2.05, 4.69) is 32.1 Å². The number of aliphatic carboxylic acids is 1. The van der Waals surface area contributed by atoms with Crippen molar-refractivity contribution in [3.63, 3.8) is 0 Å². The molecule has 0 aromatic carbocycles. The predicted octanol–water partition coefficient (Wildman–Crippen LogP) is 1.60. The molecule has 2 aromatic heterocycles. The number of anilines is 1. The molecule has 21 heavy (non-hydrogen) atoms. The third-order valence-corrected chi connectivity index (χ3v) is 4.91. The molecule has 112 valence electrons. The van der Waals surface area contributed by atoms with E-state index >= 15 is 0 Å². The molecule has 1 saturated heterocycles. The first-order valence-electron chi connectivity index (χ1n) is 7.03. The first-order valence-corrected chi connectivity index (χ1v) is 7.91. The van der Waals surface area contributed by atoms with E-state index in [1.165, 1.54) is 5.56 Å². The van der Waals surface area contributed by atoms with Gasteiger partial charge in [-0.2, -0.15) is 0 Å². The van der Waals surface area contributed by atoms with Crippen molar-refractivity contribution in [1.82, 2.24) is 14.9 Å². The molecule has 1 aliphatic heterocycles. The van der Waals surface area contributed by atoms with Crippen LogP contribution >= 0.6 is 11.3 Å². The molecule has 0 spiro atoms. The zero-order valence-corrected chi connectivity index (χ0v) is 12.8. The number of carboxylic acid groups (broad SMARTS) is 1. The van der Waals surface area contributed by atoms with Crippen molar-refractivity contribution in [3.8, 4) is 0 Å². The fraction of sp³-hybridized carbons (Fsp3) is 0.500. The first kappa shape index (κ1) is 14.2.